The zero-order valence-electron chi connectivity index (χ0n) is 38.7. The van der Waals surface area contributed by atoms with Crippen molar-refractivity contribution in [2.24, 2.45) is 0 Å². The molecule has 0 amide bonds. The van der Waals surface area contributed by atoms with Crippen LogP contribution >= 0.6 is 7.82 Å². The second-order valence-electron chi connectivity index (χ2n) is 15.3. The number of phosphoric acid groups is 1. The first-order valence-electron chi connectivity index (χ1n) is 22.5. The first-order valence-corrected chi connectivity index (χ1v) is 24.0. The highest BCUT2D eigenvalue weighted by atomic mass is 31.2. The van der Waals surface area contributed by atoms with Crippen molar-refractivity contribution in [3.63, 3.8) is 0 Å². The average Bonchev–Trinajstić information content (AvgIpc) is 3.23. The molecule has 0 spiro atoms. The summed E-state index contributed by atoms with van der Waals surface area (Å²) >= 11 is 0. The van der Waals surface area contributed by atoms with Gasteiger partial charge in [0.1, 0.15) is 19.8 Å². The van der Waals surface area contributed by atoms with Crippen LogP contribution in [0.4, 0.5) is 0 Å². The number of nitrogens with zero attached hydrogens (tertiary/aromatic N) is 1. The Morgan fingerprint density at radius 3 is 1.15 bits per heavy atom. The van der Waals surface area contributed by atoms with Crippen LogP contribution in [0.25, 0.3) is 0 Å². The Balaban J connectivity index is 4.63. The minimum Gasteiger partial charge on any atom is -0.756 e. The second kappa shape index (κ2) is 42.2. The molecule has 0 radical (unpaired) electrons. The van der Waals surface area contributed by atoms with Gasteiger partial charge in [-0.05, 0) is 89.9 Å². The molecular weight excluding hydrogens is 798 g/mol. The van der Waals surface area contributed by atoms with Crippen molar-refractivity contribution in [3.8, 4) is 0 Å². The van der Waals surface area contributed by atoms with Gasteiger partial charge in [-0.3, -0.25) is 14.2 Å². The summed E-state index contributed by atoms with van der Waals surface area (Å²) in [6.07, 6.45) is 62.0. The molecule has 10 heteroatoms. The van der Waals surface area contributed by atoms with Gasteiger partial charge in [-0.1, -0.05) is 160 Å². The van der Waals surface area contributed by atoms with Gasteiger partial charge in [0, 0.05) is 12.8 Å². The molecular formula is C52H80NO8P. The van der Waals surface area contributed by atoms with E-state index in [1.807, 2.05) is 45.4 Å². The molecule has 0 N–H and O–H groups in total. The van der Waals surface area contributed by atoms with Crippen LogP contribution < -0.4 is 4.89 Å². The van der Waals surface area contributed by atoms with Gasteiger partial charge in [0.25, 0.3) is 7.82 Å². The number of ether oxygens (including phenoxy) is 2. The maximum absolute atomic E-state index is 12.7. The third kappa shape index (κ3) is 45.4. The Hall–Kier alpha value is -4.11. The predicted octanol–water partition coefficient (Wildman–Crippen LogP) is 12.6. The number of allylic oxidation sites excluding steroid dienone is 24. The number of phosphoric ester groups is 1. The van der Waals surface area contributed by atoms with Gasteiger partial charge >= 0.3 is 11.9 Å². The topological polar surface area (TPSA) is 111 Å². The van der Waals surface area contributed by atoms with Crippen LogP contribution in [0.3, 0.4) is 0 Å². The molecule has 0 saturated carbocycles. The molecule has 9 nitrogen and oxygen atoms in total. The van der Waals surface area contributed by atoms with E-state index in [4.69, 9.17) is 18.5 Å². The first-order chi connectivity index (χ1) is 30.0. The average molecular weight is 878 g/mol. The van der Waals surface area contributed by atoms with Crippen LogP contribution in [0, 0.1) is 0 Å². The van der Waals surface area contributed by atoms with Gasteiger partial charge in [-0.2, -0.15) is 0 Å². The van der Waals surface area contributed by atoms with E-state index in [2.05, 4.69) is 135 Å². The number of quaternary nitrogens is 1. The first kappa shape index (κ1) is 57.9. The van der Waals surface area contributed by atoms with Gasteiger partial charge in [-0.15, -0.1) is 0 Å². The highest BCUT2D eigenvalue weighted by Gasteiger charge is 2.21. The Morgan fingerprint density at radius 1 is 0.484 bits per heavy atom. The Kier molecular flexibility index (Phi) is 39.4. The van der Waals surface area contributed by atoms with Crippen molar-refractivity contribution >= 4 is 19.8 Å². The Labute approximate surface area is 376 Å². The fraction of sp³-hybridized carbons (Fsp3) is 0.500. The number of carbonyl (C=O) groups excluding carboxylic acids is 2. The fourth-order valence-electron chi connectivity index (χ4n) is 4.94. The van der Waals surface area contributed by atoms with Gasteiger partial charge < -0.3 is 27.9 Å². The summed E-state index contributed by atoms with van der Waals surface area (Å²) in [7, 11) is 1.05. The molecule has 2 atom stereocenters. The molecule has 0 rings (SSSR count). The molecule has 0 aliphatic rings. The van der Waals surface area contributed by atoms with Crippen molar-refractivity contribution in [2.75, 3.05) is 47.5 Å². The van der Waals surface area contributed by atoms with E-state index < -0.39 is 32.5 Å². The Bertz CT molecular complexity index is 1550. The predicted molar refractivity (Wildman–Crippen MR) is 258 cm³/mol. The third-order valence-corrected chi connectivity index (χ3v) is 9.35. The van der Waals surface area contributed by atoms with Crippen molar-refractivity contribution < 1.29 is 42.1 Å². The zero-order chi connectivity index (χ0) is 45.7. The lowest BCUT2D eigenvalue weighted by Gasteiger charge is -2.28. The van der Waals surface area contributed by atoms with Gasteiger partial charge in [0.05, 0.1) is 27.7 Å². The second-order valence-corrected chi connectivity index (χ2v) is 16.7. The molecule has 62 heavy (non-hydrogen) atoms. The van der Waals surface area contributed by atoms with E-state index in [1.54, 1.807) is 0 Å². The van der Waals surface area contributed by atoms with Crippen LogP contribution in [0.15, 0.2) is 146 Å². The monoisotopic (exact) mass is 878 g/mol. The van der Waals surface area contributed by atoms with Crippen LogP contribution in [0.5, 0.6) is 0 Å². The lowest BCUT2D eigenvalue weighted by Crippen LogP contribution is -2.37. The van der Waals surface area contributed by atoms with Crippen LogP contribution in [0.1, 0.15) is 117 Å². The maximum atomic E-state index is 12.7. The van der Waals surface area contributed by atoms with E-state index >= 15 is 0 Å². The summed E-state index contributed by atoms with van der Waals surface area (Å²) in [5, 5.41) is 0. The highest BCUT2D eigenvalue weighted by molar-refractivity contribution is 7.45. The van der Waals surface area contributed by atoms with Gasteiger partial charge in [0.2, 0.25) is 0 Å². The minimum atomic E-state index is -4.68. The summed E-state index contributed by atoms with van der Waals surface area (Å²) in [5.41, 5.74) is 0. The molecule has 346 valence electrons. The third-order valence-electron chi connectivity index (χ3n) is 8.38. The van der Waals surface area contributed by atoms with E-state index in [9.17, 15) is 19.0 Å². The molecule has 0 aromatic carbocycles. The van der Waals surface area contributed by atoms with E-state index in [1.165, 1.54) is 0 Å². The largest absolute Gasteiger partial charge is 0.756 e. The summed E-state index contributed by atoms with van der Waals surface area (Å²) in [4.78, 5) is 37.5. The van der Waals surface area contributed by atoms with Crippen molar-refractivity contribution in [2.45, 2.75) is 123 Å². The van der Waals surface area contributed by atoms with Gasteiger partial charge in [-0.25, -0.2) is 0 Å². The minimum absolute atomic E-state index is 0.0652. The zero-order valence-corrected chi connectivity index (χ0v) is 39.6. The highest BCUT2D eigenvalue weighted by Crippen LogP contribution is 2.38. The molecule has 0 aliphatic heterocycles. The molecule has 0 heterocycles. The van der Waals surface area contributed by atoms with Crippen molar-refractivity contribution in [3.05, 3.63) is 146 Å². The lowest BCUT2D eigenvalue weighted by atomic mass is 10.2. The number of hydrogen-bond donors (Lipinski definition) is 0. The number of esters is 2. The lowest BCUT2D eigenvalue weighted by molar-refractivity contribution is -0.870. The summed E-state index contributed by atoms with van der Waals surface area (Å²) in [5.74, 6) is -1.05. The summed E-state index contributed by atoms with van der Waals surface area (Å²) in [6, 6.07) is 0. The standard InChI is InChI=1S/C52H80NO8P/c1-6-8-10-12-14-16-18-20-22-24-26-28-30-32-34-36-38-40-42-44-51(54)58-48-50(49-60-62(56,57)59-47-46-53(3,4)5)61-52(55)45-43-41-39-37-35-33-31-29-27-25-23-21-19-17-15-13-11-9-7-2/h8-11,14-17,20-23,26-29,32-35,38-41,50H,6-7,12-13,18-19,24-25,30-31,36-37,42-49H2,1-5H3/b10-8-,11-9-,16-14-,17-15-,22-20-,23-21-,28-26-,29-27-,34-32-,35-33-,40-38-,41-39-. The molecule has 0 saturated heterocycles. The normalized spacial score (nSPS) is 14.9. The number of likely N-dealkylation sites (N-methyl/N-ethyl adjacent to an activating group) is 1. The molecule has 0 bridgehead atoms. The summed E-state index contributed by atoms with van der Waals surface area (Å²) in [6.45, 7) is 3.78. The molecule has 0 aromatic rings. The number of hydrogen-bond acceptors (Lipinski definition) is 8. The smallest absolute Gasteiger partial charge is 0.306 e. The molecule has 0 aromatic heterocycles. The number of carbonyl (C=O) groups is 2. The van der Waals surface area contributed by atoms with Crippen molar-refractivity contribution in [1.82, 2.24) is 0 Å². The van der Waals surface area contributed by atoms with Crippen LogP contribution in [0.2, 0.25) is 0 Å². The Morgan fingerprint density at radius 2 is 0.806 bits per heavy atom. The molecule has 0 fully saturated rings. The number of rotatable bonds is 38. The molecule has 2 unspecified atom stereocenters. The van der Waals surface area contributed by atoms with E-state index in [-0.39, 0.29) is 26.1 Å². The van der Waals surface area contributed by atoms with Gasteiger partial charge in [0.15, 0.2) is 6.10 Å². The van der Waals surface area contributed by atoms with Crippen LogP contribution in [-0.4, -0.2) is 70.0 Å². The van der Waals surface area contributed by atoms with E-state index in [0.717, 1.165) is 77.0 Å². The van der Waals surface area contributed by atoms with Crippen molar-refractivity contribution in [1.29, 1.82) is 0 Å². The quantitative estimate of drug-likeness (QED) is 0.0261. The fourth-order valence-corrected chi connectivity index (χ4v) is 5.67. The van der Waals surface area contributed by atoms with E-state index in [0.29, 0.717) is 23.9 Å². The SMILES string of the molecule is CC/C=C\C/C=C\C/C=C\C/C=C\C/C=C\C/C=C\CCC(=O)OCC(COP(=O)([O-])OCC[N+](C)(C)C)OC(=O)CC/C=C\C/C=C\C/C=C\C/C=C\C/C=C\C/C=C\CC. The maximum Gasteiger partial charge on any atom is 0.306 e. The van der Waals surface area contributed by atoms with Crippen LogP contribution in [-0.2, 0) is 32.7 Å². The summed E-state index contributed by atoms with van der Waals surface area (Å²) < 4.78 is 33.7. The molecule has 0 aliphatic carbocycles.